The third-order valence-electron chi connectivity index (χ3n) is 5.63. The lowest BCUT2D eigenvalue weighted by Crippen LogP contribution is -2.42. The van der Waals surface area contributed by atoms with Gasteiger partial charge in [0.25, 0.3) is 0 Å². The maximum absolute atomic E-state index is 13.1. The maximum Gasteiger partial charge on any atom is 0.157 e. The van der Waals surface area contributed by atoms with E-state index in [-0.39, 0.29) is 12.0 Å². The van der Waals surface area contributed by atoms with E-state index in [9.17, 15) is 4.79 Å². The van der Waals surface area contributed by atoms with Gasteiger partial charge in [-0.1, -0.05) is 54.6 Å². The summed E-state index contributed by atoms with van der Waals surface area (Å²) >= 11 is 0. The van der Waals surface area contributed by atoms with E-state index in [1.807, 2.05) is 0 Å². The van der Waals surface area contributed by atoms with Crippen LogP contribution in [0.4, 0.5) is 0 Å². The number of nitrogens with one attached hydrogen (secondary N) is 1. The number of rotatable bonds is 4. The standard InChI is InChI=1S/C22H26N2O/c25-22(21-20-9-5-4-8-18(20)10-13-23-21)19-11-14-24(15-12-19)16-17-6-2-1-3-7-17/h1-9,19,21,23H,10-16H2. The molecule has 0 aliphatic carbocycles. The molecule has 130 valence electrons. The van der Waals surface area contributed by atoms with Crippen molar-refractivity contribution in [3.63, 3.8) is 0 Å². The molecule has 1 saturated heterocycles. The fourth-order valence-corrected chi connectivity index (χ4v) is 4.21. The van der Waals surface area contributed by atoms with Crippen LogP contribution in [0.2, 0.25) is 0 Å². The van der Waals surface area contributed by atoms with Gasteiger partial charge in [-0.2, -0.15) is 0 Å². The van der Waals surface area contributed by atoms with Crippen LogP contribution < -0.4 is 5.32 Å². The molecule has 2 heterocycles. The van der Waals surface area contributed by atoms with Crippen molar-refractivity contribution in [3.05, 3.63) is 71.3 Å². The van der Waals surface area contributed by atoms with Crippen molar-refractivity contribution in [1.82, 2.24) is 10.2 Å². The summed E-state index contributed by atoms with van der Waals surface area (Å²) in [4.78, 5) is 15.6. The third-order valence-corrected chi connectivity index (χ3v) is 5.63. The number of ketones is 1. The highest BCUT2D eigenvalue weighted by atomic mass is 16.1. The number of benzene rings is 2. The highest BCUT2D eigenvalue weighted by molar-refractivity contribution is 5.88. The van der Waals surface area contributed by atoms with Crippen LogP contribution >= 0.6 is 0 Å². The molecule has 0 amide bonds. The van der Waals surface area contributed by atoms with Gasteiger partial charge < -0.3 is 5.32 Å². The molecule has 1 N–H and O–H groups in total. The van der Waals surface area contributed by atoms with Gasteiger partial charge >= 0.3 is 0 Å². The van der Waals surface area contributed by atoms with Crippen LogP contribution in [0.5, 0.6) is 0 Å². The SMILES string of the molecule is O=C(C1CCN(Cc2ccccc2)CC1)C1NCCc2ccccc21. The van der Waals surface area contributed by atoms with E-state index in [0.717, 1.165) is 45.4 Å². The molecule has 0 bridgehead atoms. The molecule has 3 nitrogen and oxygen atoms in total. The molecule has 25 heavy (non-hydrogen) atoms. The van der Waals surface area contributed by atoms with Gasteiger partial charge in [-0.05, 0) is 49.0 Å². The number of piperidine rings is 1. The van der Waals surface area contributed by atoms with Crippen molar-refractivity contribution in [2.45, 2.75) is 31.8 Å². The monoisotopic (exact) mass is 334 g/mol. The Hall–Kier alpha value is -1.97. The molecule has 2 aromatic carbocycles. The predicted octanol–water partition coefficient (Wildman–Crippen LogP) is 3.35. The first kappa shape index (κ1) is 16.5. The normalized spacial score (nSPS) is 21.7. The average molecular weight is 334 g/mol. The smallest absolute Gasteiger partial charge is 0.157 e. The van der Waals surface area contributed by atoms with Crippen molar-refractivity contribution in [2.24, 2.45) is 5.92 Å². The van der Waals surface area contributed by atoms with E-state index in [1.165, 1.54) is 16.7 Å². The topological polar surface area (TPSA) is 32.3 Å². The Morgan fingerprint density at radius 3 is 2.52 bits per heavy atom. The highest BCUT2D eigenvalue weighted by Gasteiger charge is 2.33. The molecule has 4 rings (SSSR count). The van der Waals surface area contributed by atoms with Crippen molar-refractivity contribution in [2.75, 3.05) is 19.6 Å². The fraction of sp³-hybridized carbons (Fsp3) is 0.409. The molecule has 0 radical (unpaired) electrons. The zero-order chi connectivity index (χ0) is 17.1. The van der Waals surface area contributed by atoms with Crippen molar-refractivity contribution >= 4 is 5.78 Å². The number of likely N-dealkylation sites (tertiary alicyclic amines) is 1. The molecule has 2 aliphatic rings. The number of carbonyl (C=O) groups excluding carboxylic acids is 1. The number of Topliss-reactive ketones (excluding diaryl/α,β-unsaturated/α-hetero) is 1. The second-order valence-corrected chi connectivity index (χ2v) is 7.27. The first-order valence-corrected chi connectivity index (χ1v) is 9.42. The molecular formula is C22H26N2O. The molecule has 1 unspecified atom stereocenters. The number of fused-ring (bicyclic) bond motifs is 1. The summed E-state index contributed by atoms with van der Waals surface area (Å²) in [7, 11) is 0. The molecule has 0 aromatic heterocycles. The van der Waals surface area contributed by atoms with Gasteiger partial charge in [0.1, 0.15) is 0 Å². The summed E-state index contributed by atoms with van der Waals surface area (Å²) in [6, 6.07) is 18.9. The molecule has 2 aromatic rings. The molecule has 2 aliphatic heterocycles. The van der Waals surface area contributed by atoms with E-state index >= 15 is 0 Å². The van der Waals surface area contributed by atoms with Gasteiger partial charge in [0.2, 0.25) is 0 Å². The first-order valence-electron chi connectivity index (χ1n) is 9.42. The van der Waals surface area contributed by atoms with Crippen LogP contribution in [-0.4, -0.2) is 30.3 Å². The molecule has 3 heteroatoms. The van der Waals surface area contributed by atoms with Crippen LogP contribution in [0.15, 0.2) is 54.6 Å². The molecule has 0 spiro atoms. The van der Waals surface area contributed by atoms with Gasteiger partial charge in [0, 0.05) is 19.0 Å². The minimum absolute atomic E-state index is 0.101. The molecule has 0 saturated carbocycles. The van der Waals surface area contributed by atoms with E-state index in [1.54, 1.807) is 0 Å². The number of hydrogen-bond acceptors (Lipinski definition) is 3. The lowest BCUT2D eigenvalue weighted by molar-refractivity contribution is -0.126. The van der Waals surface area contributed by atoms with Gasteiger partial charge in [0.15, 0.2) is 5.78 Å². The van der Waals surface area contributed by atoms with Crippen LogP contribution in [-0.2, 0) is 17.8 Å². The van der Waals surface area contributed by atoms with E-state index < -0.39 is 0 Å². The summed E-state index contributed by atoms with van der Waals surface area (Å²) in [5, 5.41) is 3.46. The maximum atomic E-state index is 13.1. The van der Waals surface area contributed by atoms with Crippen LogP contribution in [0.25, 0.3) is 0 Å². The van der Waals surface area contributed by atoms with Gasteiger partial charge in [-0.15, -0.1) is 0 Å². The van der Waals surface area contributed by atoms with Crippen LogP contribution in [0.3, 0.4) is 0 Å². The third kappa shape index (κ3) is 3.68. The minimum atomic E-state index is -0.101. The minimum Gasteiger partial charge on any atom is -0.303 e. The van der Waals surface area contributed by atoms with Crippen LogP contribution in [0.1, 0.15) is 35.6 Å². The highest BCUT2D eigenvalue weighted by Crippen LogP contribution is 2.29. The average Bonchev–Trinajstić information content (AvgIpc) is 2.68. The summed E-state index contributed by atoms with van der Waals surface area (Å²) in [5.74, 6) is 0.585. The van der Waals surface area contributed by atoms with E-state index in [4.69, 9.17) is 0 Å². The largest absolute Gasteiger partial charge is 0.303 e. The van der Waals surface area contributed by atoms with Crippen molar-refractivity contribution in [3.8, 4) is 0 Å². The van der Waals surface area contributed by atoms with Gasteiger partial charge in [-0.25, -0.2) is 0 Å². The van der Waals surface area contributed by atoms with Crippen LogP contribution in [0, 0.1) is 5.92 Å². The Kier molecular flexibility index (Phi) is 4.95. The zero-order valence-electron chi connectivity index (χ0n) is 14.7. The Bertz CT molecular complexity index is 720. The Morgan fingerprint density at radius 1 is 1.00 bits per heavy atom. The van der Waals surface area contributed by atoms with Crippen molar-refractivity contribution in [1.29, 1.82) is 0 Å². The Labute approximate surface area is 150 Å². The second-order valence-electron chi connectivity index (χ2n) is 7.27. The van der Waals surface area contributed by atoms with Crippen molar-refractivity contribution < 1.29 is 4.79 Å². The molecular weight excluding hydrogens is 308 g/mol. The zero-order valence-corrected chi connectivity index (χ0v) is 14.7. The Balaban J connectivity index is 1.37. The number of nitrogens with zero attached hydrogens (tertiary/aromatic N) is 1. The molecule has 1 atom stereocenters. The molecule has 1 fully saturated rings. The lowest BCUT2D eigenvalue weighted by Gasteiger charge is -2.34. The summed E-state index contributed by atoms with van der Waals surface area (Å²) < 4.78 is 0. The summed E-state index contributed by atoms with van der Waals surface area (Å²) in [6.07, 6.45) is 2.98. The predicted molar refractivity (Wildman–Crippen MR) is 100 cm³/mol. The quantitative estimate of drug-likeness (QED) is 0.930. The van der Waals surface area contributed by atoms with Gasteiger partial charge in [0.05, 0.1) is 6.04 Å². The first-order chi connectivity index (χ1) is 12.3. The van der Waals surface area contributed by atoms with Gasteiger partial charge in [-0.3, -0.25) is 9.69 Å². The summed E-state index contributed by atoms with van der Waals surface area (Å²) in [6.45, 7) is 3.92. The number of hydrogen-bond donors (Lipinski definition) is 1. The Morgan fingerprint density at radius 2 is 1.72 bits per heavy atom. The fourth-order valence-electron chi connectivity index (χ4n) is 4.21. The van der Waals surface area contributed by atoms with E-state index in [0.29, 0.717) is 5.78 Å². The second kappa shape index (κ2) is 7.51. The lowest BCUT2D eigenvalue weighted by atomic mass is 9.83. The number of carbonyl (C=O) groups is 1. The van der Waals surface area contributed by atoms with E-state index in [2.05, 4.69) is 64.8 Å². The summed E-state index contributed by atoms with van der Waals surface area (Å²) in [5.41, 5.74) is 3.89.